The molecular weight excluding hydrogens is 146 g/mol. The van der Waals surface area contributed by atoms with Gasteiger partial charge >= 0.3 is 0 Å². The number of aliphatic imine (C=N–C) groups is 1. The van der Waals surface area contributed by atoms with E-state index in [1.807, 2.05) is 11.8 Å². The van der Waals surface area contributed by atoms with Crippen LogP contribution in [0, 0.1) is 0 Å². The van der Waals surface area contributed by atoms with Crippen molar-refractivity contribution in [3.63, 3.8) is 0 Å². The van der Waals surface area contributed by atoms with Gasteiger partial charge in [-0.2, -0.15) is 11.8 Å². The molecule has 0 saturated heterocycles. The summed E-state index contributed by atoms with van der Waals surface area (Å²) in [5.74, 6) is 2.51. The van der Waals surface area contributed by atoms with Gasteiger partial charge in [-0.3, -0.25) is 4.99 Å². The second-order valence-corrected chi connectivity index (χ2v) is 3.25. The summed E-state index contributed by atoms with van der Waals surface area (Å²) in [4.78, 5) is 3.86. The predicted molar refractivity (Wildman–Crippen MR) is 48.3 cm³/mol. The fraction of sp³-hybridized carbons (Fsp3) is 0.833. The van der Waals surface area contributed by atoms with Crippen molar-refractivity contribution in [1.82, 2.24) is 0 Å². The summed E-state index contributed by atoms with van der Waals surface area (Å²) in [5, 5.41) is 0. The van der Waals surface area contributed by atoms with E-state index < -0.39 is 0 Å². The fourth-order valence-corrected chi connectivity index (χ4v) is 1.14. The first-order valence-corrected chi connectivity index (χ1v) is 4.56. The second kappa shape index (κ2) is 6.74. The van der Waals surface area contributed by atoms with Gasteiger partial charge in [0.1, 0.15) is 0 Å². The van der Waals surface area contributed by atoms with Crippen LogP contribution >= 0.6 is 11.8 Å². The van der Waals surface area contributed by atoms with Gasteiger partial charge in [-0.25, -0.2) is 0 Å². The van der Waals surface area contributed by atoms with E-state index in [0.29, 0.717) is 0 Å². The number of hydrogen-bond donors (Lipinski definition) is 2. The first-order chi connectivity index (χ1) is 4.77. The molecule has 0 bridgehead atoms. The minimum atomic E-state index is 0.196. The van der Waals surface area contributed by atoms with E-state index in [2.05, 4.69) is 11.9 Å². The third-order valence-electron chi connectivity index (χ3n) is 0.945. The van der Waals surface area contributed by atoms with Gasteiger partial charge in [0, 0.05) is 6.54 Å². The van der Waals surface area contributed by atoms with Crippen LogP contribution in [-0.2, 0) is 0 Å². The number of nitrogens with zero attached hydrogens (tertiary/aromatic N) is 1. The van der Waals surface area contributed by atoms with Crippen molar-refractivity contribution in [2.45, 2.75) is 13.3 Å². The third kappa shape index (κ3) is 7.62. The Morgan fingerprint density at radius 2 is 2.20 bits per heavy atom. The summed E-state index contributed by atoms with van der Waals surface area (Å²) in [6.45, 7) is 2.90. The van der Waals surface area contributed by atoms with Crippen LogP contribution < -0.4 is 11.5 Å². The van der Waals surface area contributed by atoms with Crippen LogP contribution in [0.2, 0.25) is 0 Å². The molecule has 0 heterocycles. The Morgan fingerprint density at radius 1 is 1.50 bits per heavy atom. The number of thioether (sulfide) groups is 1. The molecule has 0 fully saturated rings. The van der Waals surface area contributed by atoms with Crippen molar-refractivity contribution in [3.05, 3.63) is 0 Å². The van der Waals surface area contributed by atoms with Crippen molar-refractivity contribution >= 4 is 17.7 Å². The molecule has 0 amide bonds. The first-order valence-electron chi connectivity index (χ1n) is 3.40. The molecule has 0 aliphatic heterocycles. The molecule has 0 rings (SSSR count). The Kier molecular flexibility index (Phi) is 6.48. The lowest BCUT2D eigenvalue weighted by Crippen LogP contribution is -2.23. The van der Waals surface area contributed by atoms with Crippen molar-refractivity contribution in [2.75, 3.05) is 18.1 Å². The van der Waals surface area contributed by atoms with Gasteiger partial charge in [-0.05, 0) is 17.9 Å². The van der Waals surface area contributed by atoms with Crippen LogP contribution in [-0.4, -0.2) is 24.0 Å². The smallest absolute Gasteiger partial charge is 0.185 e. The van der Waals surface area contributed by atoms with Crippen molar-refractivity contribution in [3.8, 4) is 0 Å². The fourth-order valence-electron chi connectivity index (χ4n) is 0.519. The molecule has 0 aromatic rings. The molecule has 10 heavy (non-hydrogen) atoms. The van der Waals surface area contributed by atoms with Gasteiger partial charge in [-0.15, -0.1) is 0 Å². The van der Waals surface area contributed by atoms with Crippen LogP contribution in [0.3, 0.4) is 0 Å². The van der Waals surface area contributed by atoms with Crippen molar-refractivity contribution < 1.29 is 0 Å². The third-order valence-corrected chi connectivity index (χ3v) is 1.93. The molecule has 0 unspecified atom stereocenters. The highest BCUT2D eigenvalue weighted by Crippen LogP contribution is 1.99. The van der Waals surface area contributed by atoms with E-state index >= 15 is 0 Å². The lowest BCUT2D eigenvalue weighted by atomic mass is 10.5. The lowest BCUT2D eigenvalue weighted by molar-refractivity contribution is 0.938. The van der Waals surface area contributed by atoms with Crippen LogP contribution in [0.25, 0.3) is 0 Å². The topological polar surface area (TPSA) is 64.4 Å². The van der Waals surface area contributed by atoms with E-state index in [1.54, 1.807) is 0 Å². The maximum absolute atomic E-state index is 5.13. The molecule has 3 nitrogen and oxygen atoms in total. The van der Waals surface area contributed by atoms with E-state index in [1.165, 1.54) is 5.75 Å². The van der Waals surface area contributed by atoms with Gasteiger partial charge in [0.05, 0.1) is 0 Å². The van der Waals surface area contributed by atoms with E-state index in [-0.39, 0.29) is 5.96 Å². The van der Waals surface area contributed by atoms with Crippen LogP contribution in [0.4, 0.5) is 0 Å². The van der Waals surface area contributed by atoms with Crippen LogP contribution in [0.15, 0.2) is 4.99 Å². The van der Waals surface area contributed by atoms with E-state index in [9.17, 15) is 0 Å². The zero-order valence-electron chi connectivity index (χ0n) is 6.34. The van der Waals surface area contributed by atoms with Crippen LogP contribution in [0.1, 0.15) is 13.3 Å². The normalized spacial score (nSPS) is 9.30. The number of rotatable bonds is 5. The van der Waals surface area contributed by atoms with Gasteiger partial charge in [0.2, 0.25) is 0 Å². The van der Waals surface area contributed by atoms with Gasteiger partial charge in [0.25, 0.3) is 0 Å². The summed E-state index contributed by atoms with van der Waals surface area (Å²) < 4.78 is 0. The maximum atomic E-state index is 5.13. The average molecular weight is 161 g/mol. The Bertz CT molecular complexity index is 99.2. The molecule has 0 saturated carbocycles. The van der Waals surface area contributed by atoms with E-state index in [0.717, 1.165) is 18.7 Å². The van der Waals surface area contributed by atoms with Gasteiger partial charge < -0.3 is 11.5 Å². The van der Waals surface area contributed by atoms with Gasteiger partial charge in [-0.1, -0.05) is 6.92 Å². The standard InChI is InChI=1S/C6H15N3S/c1-2-10-5-3-4-9-6(7)8/h2-5H2,1H3,(H4,7,8,9). The number of guanidine groups is 1. The Balaban J connectivity index is 2.98. The summed E-state index contributed by atoms with van der Waals surface area (Å²) in [6, 6.07) is 0. The zero-order chi connectivity index (χ0) is 7.82. The summed E-state index contributed by atoms with van der Waals surface area (Å²) in [7, 11) is 0. The minimum Gasteiger partial charge on any atom is -0.370 e. The highest BCUT2D eigenvalue weighted by Gasteiger charge is 1.85. The number of nitrogens with two attached hydrogens (primary N) is 2. The Morgan fingerprint density at radius 3 is 2.70 bits per heavy atom. The molecule has 0 aromatic carbocycles. The molecule has 60 valence electrons. The Hall–Kier alpha value is -0.380. The molecule has 4 heteroatoms. The van der Waals surface area contributed by atoms with Crippen molar-refractivity contribution in [1.29, 1.82) is 0 Å². The molecule has 0 aliphatic rings. The predicted octanol–water partition coefficient (Wildman–Crippen LogP) is 0.403. The molecule has 0 spiro atoms. The van der Waals surface area contributed by atoms with Crippen LogP contribution in [0.5, 0.6) is 0 Å². The summed E-state index contributed by atoms with van der Waals surface area (Å²) in [5.41, 5.74) is 10.3. The van der Waals surface area contributed by atoms with Crippen molar-refractivity contribution in [2.24, 2.45) is 16.5 Å². The summed E-state index contributed by atoms with van der Waals surface area (Å²) in [6.07, 6.45) is 1.07. The molecule has 0 atom stereocenters. The molecule has 0 radical (unpaired) electrons. The largest absolute Gasteiger partial charge is 0.370 e. The van der Waals surface area contributed by atoms with E-state index in [4.69, 9.17) is 11.5 Å². The SMILES string of the molecule is CCSCCCN=C(N)N. The zero-order valence-corrected chi connectivity index (χ0v) is 7.16. The highest BCUT2D eigenvalue weighted by molar-refractivity contribution is 7.99. The molecular formula is C6H15N3S. The first kappa shape index (κ1) is 9.62. The monoisotopic (exact) mass is 161 g/mol. The number of hydrogen-bond acceptors (Lipinski definition) is 2. The highest BCUT2D eigenvalue weighted by atomic mass is 32.2. The molecule has 4 N–H and O–H groups in total. The lowest BCUT2D eigenvalue weighted by Gasteiger charge is -1.94. The Labute approximate surface area is 66.3 Å². The maximum Gasteiger partial charge on any atom is 0.185 e. The minimum absolute atomic E-state index is 0.196. The average Bonchev–Trinajstić information content (AvgIpc) is 1.87. The summed E-state index contributed by atoms with van der Waals surface area (Å²) >= 11 is 1.91. The quantitative estimate of drug-likeness (QED) is 0.348. The van der Waals surface area contributed by atoms with Gasteiger partial charge in [0.15, 0.2) is 5.96 Å². The molecule has 0 aliphatic carbocycles. The second-order valence-electron chi connectivity index (χ2n) is 1.86. The molecule has 0 aromatic heterocycles.